The highest BCUT2D eigenvalue weighted by Crippen LogP contribution is 2.26. The zero-order chi connectivity index (χ0) is 21.4. The van der Waals surface area contributed by atoms with E-state index in [-0.39, 0.29) is 16.6 Å². The van der Waals surface area contributed by atoms with Gasteiger partial charge in [-0.15, -0.1) is 0 Å². The first-order chi connectivity index (χ1) is 13.8. The fourth-order valence-corrected chi connectivity index (χ4v) is 6.24. The Balaban J connectivity index is 2.08. The molecule has 2 rings (SSSR count). The molecule has 0 aromatic heterocycles. The van der Waals surface area contributed by atoms with E-state index in [0.29, 0.717) is 28.7 Å². The molecule has 0 unspecified atom stereocenters. The summed E-state index contributed by atoms with van der Waals surface area (Å²) in [6.45, 7) is 8.55. The van der Waals surface area contributed by atoms with Crippen molar-refractivity contribution in [3.63, 3.8) is 0 Å². The highest BCUT2D eigenvalue weighted by Gasteiger charge is 2.27. The number of hydrogen-bond acceptors (Lipinski definition) is 5. The Bertz CT molecular complexity index is 816. The molecule has 1 aliphatic rings. The van der Waals surface area contributed by atoms with Gasteiger partial charge in [-0.25, -0.2) is 8.42 Å². The zero-order valence-corrected chi connectivity index (χ0v) is 19.9. The van der Waals surface area contributed by atoms with Crippen LogP contribution in [0.1, 0.15) is 45.1 Å². The van der Waals surface area contributed by atoms with Crippen LogP contribution in [0.2, 0.25) is 0 Å². The number of benzene rings is 1. The number of rotatable bonds is 7. The molecule has 1 heterocycles. The van der Waals surface area contributed by atoms with Crippen LogP contribution in [0, 0.1) is 6.92 Å². The molecule has 29 heavy (non-hydrogen) atoms. The predicted octanol–water partition coefficient (Wildman–Crippen LogP) is 3.86. The van der Waals surface area contributed by atoms with Crippen LogP contribution in [0.25, 0.3) is 0 Å². The van der Waals surface area contributed by atoms with E-state index in [9.17, 15) is 13.2 Å². The lowest BCUT2D eigenvalue weighted by Gasteiger charge is -2.22. The van der Waals surface area contributed by atoms with Crippen molar-refractivity contribution in [2.24, 2.45) is 0 Å². The number of carbonyl (C=O) groups excluding carboxylic acids is 1. The molecule has 1 saturated heterocycles. The maximum absolute atomic E-state index is 13.1. The lowest BCUT2D eigenvalue weighted by Crippen LogP contribution is -2.32. The SMILES string of the molecule is CCN(CC)C(=S)SCC(=O)Nc1ccc(C)c(S(=O)(=O)N2CCCCCC2)c1. The Hall–Kier alpha value is -1.16. The first-order valence-corrected chi connectivity index (χ1v) is 12.9. The molecular weight excluding hydrogens is 426 g/mol. The number of hydrogen-bond donors (Lipinski definition) is 1. The highest BCUT2D eigenvalue weighted by molar-refractivity contribution is 8.23. The molecule has 6 nitrogen and oxygen atoms in total. The molecule has 0 atom stereocenters. The van der Waals surface area contributed by atoms with Gasteiger partial charge >= 0.3 is 0 Å². The lowest BCUT2D eigenvalue weighted by molar-refractivity contribution is -0.113. The van der Waals surface area contributed by atoms with E-state index >= 15 is 0 Å². The monoisotopic (exact) mass is 457 g/mol. The molecule has 0 saturated carbocycles. The number of aryl methyl sites for hydroxylation is 1. The number of thiocarbonyl (C=S) groups is 1. The van der Waals surface area contributed by atoms with Crippen molar-refractivity contribution in [1.82, 2.24) is 9.21 Å². The van der Waals surface area contributed by atoms with Crippen molar-refractivity contribution in [2.45, 2.75) is 51.3 Å². The third kappa shape index (κ3) is 6.67. The van der Waals surface area contributed by atoms with Crippen molar-refractivity contribution in [2.75, 3.05) is 37.2 Å². The van der Waals surface area contributed by atoms with Gasteiger partial charge in [0.25, 0.3) is 0 Å². The van der Waals surface area contributed by atoms with E-state index in [2.05, 4.69) is 5.32 Å². The van der Waals surface area contributed by atoms with Gasteiger partial charge in [0.15, 0.2) is 0 Å². The number of sulfonamides is 1. The van der Waals surface area contributed by atoms with Gasteiger partial charge < -0.3 is 10.2 Å². The summed E-state index contributed by atoms with van der Waals surface area (Å²) in [4.78, 5) is 14.6. The third-order valence-corrected chi connectivity index (χ3v) is 8.57. The number of anilines is 1. The van der Waals surface area contributed by atoms with Crippen molar-refractivity contribution in [3.8, 4) is 0 Å². The number of nitrogens with one attached hydrogen (secondary N) is 1. The van der Waals surface area contributed by atoms with Crippen LogP contribution in [0.3, 0.4) is 0 Å². The molecule has 0 spiro atoms. The molecule has 0 radical (unpaired) electrons. The molecule has 0 bridgehead atoms. The minimum atomic E-state index is -3.57. The Morgan fingerprint density at radius 3 is 2.38 bits per heavy atom. The summed E-state index contributed by atoms with van der Waals surface area (Å²) in [5.41, 5.74) is 1.17. The lowest BCUT2D eigenvalue weighted by atomic mass is 10.2. The van der Waals surface area contributed by atoms with Gasteiger partial charge in [0.1, 0.15) is 4.32 Å². The molecule has 1 aliphatic heterocycles. The molecule has 1 aromatic carbocycles. The minimum Gasteiger partial charge on any atom is -0.358 e. The Morgan fingerprint density at radius 1 is 1.17 bits per heavy atom. The first kappa shape index (κ1) is 24.1. The second-order valence-electron chi connectivity index (χ2n) is 7.07. The molecule has 1 fully saturated rings. The Kier molecular flexibility index (Phi) is 9.39. The average molecular weight is 458 g/mol. The largest absolute Gasteiger partial charge is 0.358 e. The summed E-state index contributed by atoms with van der Waals surface area (Å²) in [7, 11) is -3.57. The normalized spacial score (nSPS) is 15.6. The van der Waals surface area contributed by atoms with Crippen molar-refractivity contribution < 1.29 is 13.2 Å². The van der Waals surface area contributed by atoms with E-state index in [0.717, 1.165) is 38.8 Å². The van der Waals surface area contributed by atoms with E-state index in [1.165, 1.54) is 11.8 Å². The van der Waals surface area contributed by atoms with Crippen LogP contribution in [-0.2, 0) is 14.8 Å². The molecule has 0 aliphatic carbocycles. The van der Waals surface area contributed by atoms with Gasteiger partial charge in [-0.3, -0.25) is 4.79 Å². The molecule has 1 amide bonds. The highest BCUT2D eigenvalue weighted by atomic mass is 32.2. The molecule has 1 N–H and O–H groups in total. The molecule has 9 heteroatoms. The maximum atomic E-state index is 13.1. The smallest absolute Gasteiger partial charge is 0.243 e. The van der Waals surface area contributed by atoms with E-state index < -0.39 is 10.0 Å². The average Bonchev–Trinajstić information content (AvgIpc) is 2.99. The van der Waals surface area contributed by atoms with E-state index in [1.807, 2.05) is 18.7 Å². The second kappa shape index (κ2) is 11.3. The van der Waals surface area contributed by atoms with Crippen LogP contribution in [0.4, 0.5) is 5.69 Å². The summed E-state index contributed by atoms with van der Waals surface area (Å²) in [5.74, 6) is -0.0105. The van der Waals surface area contributed by atoms with Crippen molar-refractivity contribution >= 4 is 49.9 Å². The van der Waals surface area contributed by atoms with Crippen LogP contribution >= 0.6 is 24.0 Å². The number of nitrogens with zero attached hydrogens (tertiary/aromatic N) is 2. The summed E-state index contributed by atoms with van der Waals surface area (Å²) in [5, 5.41) is 2.81. The summed E-state index contributed by atoms with van der Waals surface area (Å²) >= 11 is 6.67. The predicted molar refractivity (Wildman–Crippen MR) is 125 cm³/mol. The van der Waals surface area contributed by atoms with Gasteiger partial charge in [0.2, 0.25) is 15.9 Å². The quantitative estimate of drug-likeness (QED) is 0.627. The van der Waals surface area contributed by atoms with Crippen molar-refractivity contribution in [3.05, 3.63) is 23.8 Å². The second-order valence-corrected chi connectivity index (χ2v) is 10.6. The van der Waals surface area contributed by atoms with Crippen LogP contribution in [0.5, 0.6) is 0 Å². The first-order valence-electron chi connectivity index (χ1n) is 10.1. The fourth-order valence-electron chi connectivity index (χ4n) is 3.27. The summed E-state index contributed by atoms with van der Waals surface area (Å²) in [6, 6.07) is 5.05. The third-order valence-electron chi connectivity index (χ3n) is 5.00. The van der Waals surface area contributed by atoms with Crippen LogP contribution in [-0.4, -0.2) is 59.8 Å². The summed E-state index contributed by atoms with van der Waals surface area (Å²) < 4.78 is 28.6. The van der Waals surface area contributed by atoms with E-state index in [4.69, 9.17) is 12.2 Å². The molecular formula is C20H31N3O3S3. The van der Waals surface area contributed by atoms with Gasteiger partial charge in [0, 0.05) is 31.9 Å². The zero-order valence-electron chi connectivity index (χ0n) is 17.4. The van der Waals surface area contributed by atoms with Crippen LogP contribution < -0.4 is 5.32 Å². The molecule has 1 aromatic rings. The Labute approximate surface area is 184 Å². The van der Waals surface area contributed by atoms with Gasteiger partial charge in [-0.05, 0) is 51.3 Å². The standard InChI is InChI=1S/C20H31N3O3S3/c1-4-22(5-2)20(27)28-15-19(24)21-17-11-10-16(3)18(14-17)29(25,26)23-12-8-6-7-9-13-23/h10-11,14H,4-9,12-13,15H2,1-3H3,(H,21,24). The fraction of sp³-hybridized carbons (Fsp3) is 0.600. The maximum Gasteiger partial charge on any atom is 0.243 e. The van der Waals surface area contributed by atoms with Gasteiger partial charge in [0.05, 0.1) is 10.6 Å². The number of thioether (sulfide) groups is 1. The number of amides is 1. The minimum absolute atomic E-state index is 0.192. The number of carbonyl (C=O) groups is 1. The van der Waals surface area contributed by atoms with E-state index in [1.54, 1.807) is 29.4 Å². The molecule has 162 valence electrons. The topological polar surface area (TPSA) is 69.7 Å². The van der Waals surface area contributed by atoms with Gasteiger partial charge in [-0.2, -0.15) is 4.31 Å². The Morgan fingerprint density at radius 2 is 1.79 bits per heavy atom. The van der Waals surface area contributed by atoms with Crippen molar-refractivity contribution in [1.29, 1.82) is 0 Å². The van der Waals surface area contributed by atoms with Crippen LogP contribution in [0.15, 0.2) is 23.1 Å². The van der Waals surface area contributed by atoms with Gasteiger partial charge in [-0.1, -0.05) is 42.9 Å². The summed E-state index contributed by atoms with van der Waals surface area (Å²) in [6.07, 6.45) is 3.90.